The Morgan fingerprint density at radius 1 is 1.36 bits per heavy atom. The Morgan fingerprint density at radius 3 is 2.86 bits per heavy atom. The van der Waals surface area contributed by atoms with E-state index in [1.165, 1.54) is 25.7 Å². The van der Waals surface area contributed by atoms with Gasteiger partial charge in [-0.2, -0.15) is 0 Å². The summed E-state index contributed by atoms with van der Waals surface area (Å²) in [4.78, 5) is 8.18. The van der Waals surface area contributed by atoms with E-state index in [4.69, 9.17) is 0 Å². The van der Waals surface area contributed by atoms with Crippen LogP contribution in [0.15, 0.2) is 18.6 Å². The first kappa shape index (κ1) is 11.0. The Balaban J connectivity index is 2.23. The topological polar surface area (TPSA) is 37.8 Å². The van der Waals surface area contributed by atoms with Crippen LogP contribution in [0.2, 0.25) is 0 Å². The number of nitrogens with zero attached hydrogens (tertiary/aromatic N) is 2. The van der Waals surface area contributed by atoms with Gasteiger partial charge in [-0.1, -0.05) is 26.2 Å². The van der Waals surface area contributed by atoms with E-state index in [1.807, 2.05) is 0 Å². The number of unbranched alkanes of at least 4 members (excludes halogenated alkanes) is 2. The summed E-state index contributed by atoms with van der Waals surface area (Å²) in [5.41, 5.74) is 0. The minimum absolute atomic E-state index is 0.484. The highest BCUT2D eigenvalue weighted by Crippen LogP contribution is 2.07. The molecule has 0 bridgehead atoms. The van der Waals surface area contributed by atoms with Crippen LogP contribution in [0.25, 0.3) is 0 Å². The Morgan fingerprint density at radius 2 is 2.21 bits per heavy atom. The van der Waals surface area contributed by atoms with Crippen LogP contribution >= 0.6 is 0 Å². The van der Waals surface area contributed by atoms with Gasteiger partial charge >= 0.3 is 0 Å². The maximum Gasteiger partial charge on any atom is 0.144 e. The van der Waals surface area contributed by atoms with Crippen molar-refractivity contribution in [3.05, 3.63) is 18.6 Å². The molecular weight excluding hydrogens is 174 g/mol. The van der Waals surface area contributed by atoms with Crippen LogP contribution in [0, 0.1) is 0 Å². The largest absolute Gasteiger partial charge is 0.366 e. The van der Waals surface area contributed by atoms with E-state index in [1.54, 1.807) is 18.6 Å². The summed E-state index contributed by atoms with van der Waals surface area (Å²) >= 11 is 0. The second-order valence-electron chi connectivity index (χ2n) is 3.63. The van der Waals surface area contributed by atoms with Crippen molar-refractivity contribution in [2.24, 2.45) is 0 Å². The molecule has 0 saturated carbocycles. The van der Waals surface area contributed by atoms with Crippen molar-refractivity contribution in [3.8, 4) is 0 Å². The summed E-state index contributed by atoms with van der Waals surface area (Å²) in [7, 11) is 0. The summed E-state index contributed by atoms with van der Waals surface area (Å²) in [6.45, 7) is 4.41. The molecule has 1 heterocycles. The van der Waals surface area contributed by atoms with Gasteiger partial charge in [0.05, 0.1) is 6.20 Å². The molecule has 0 saturated heterocycles. The van der Waals surface area contributed by atoms with Gasteiger partial charge < -0.3 is 5.32 Å². The van der Waals surface area contributed by atoms with Crippen molar-refractivity contribution < 1.29 is 0 Å². The first-order valence-corrected chi connectivity index (χ1v) is 5.35. The summed E-state index contributed by atoms with van der Waals surface area (Å²) in [6, 6.07) is 0.484. The fourth-order valence-corrected chi connectivity index (χ4v) is 1.40. The quantitative estimate of drug-likeness (QED) is 0.706. The number of anilines is 1. The van der Waals surface area contributed by atoms with E-state index in [0.717, 1.165) is 5.82 Å². The molecule has 0 radical (unpaired) electrons. The van der Waals surface area contributed by atoms with Gasteiger partial charge in [0.15, 0.2) is 0 Å². The second kappa shape index (κ2) is 6.35. The predicted molar refractivity (Wildman–Crippen MR) is 59.3 cm³/mol. The highest BCUT2D eigenvalue weighted by Gasteiger charge is 2.01. The zero-order valence-corrected chi connectivity index (χ0v) is 9.03. The van der Waals surface area contributed by atoms with Gasteiger partial charge in [0.2, 0.25) is 0 Å². The molecule has 0 spiro atoms. The molecule has 0 aliphatic carbocycles. The second-order valence-corrected chi connectivity index (χ2v) is 3.63. The molecule has 1 unspecified atom stereocenters. The van der Waals surface area contributed by atoms with E-state index >= 15 is 0 Å². The zero-order valence-electron chi connectivity index (χ0n) is 9.03. The van der Waals surface area contributed by atoms with Gasteiger partial charge in [0.1, 0.15) is 5.82 Å². The lowest BCUT2D eigenvalue weighted by Gasteiger charge is -2.13. The van der Waals surface area contributed by atoms with Gasteiger partial charge in [-0.15, -0.1) is 0 Å². The molecule has 0 aromatic carbocycles. The summed E-state index contributed by atoms with van der Waals surface area (Å²) in [6.07, 6.45) is 10.2. The number of nitrogens with one attached hydrogen (secondary N) is 1. The third kappa shape index (κ3) is 4.21. The molecule has 3 heteroatoms. The highest BCUT2D eigenvalue weighted by atomic mass is 15.0. The van der Waals surface area contributed by atoms with Gasteiger partial charge in [-0.05, 0) is 13.3 Å². The zero-order chi connectivity index (χ0) is 10.2. The Labute approximate surface area is 86.0 Å². The summed E-state index contributed by atoms with van der Waals surface area (Å²) in [5.74, 6) is 0.872. The Kier molecular flexibility index (Phi) is 4.97. The number of aromatic nitrogens is 2. The predicted octanol–water partition coefficient (Wildman–Crippen LogP) is 2.86. The first-order valence-electron chi connectivity index (χ1n) is 5.35. The van der Waals surface area contributed by atoms with Gasteiger partial charge in [-0.3, -0.25) is 4.98 Å². The fourth-order valence-electron chi connectivity index (χ4n) is 1.40. The third-order valence-electron chi connectivity index (χ3n) is 2.20. The van der Waals surface area contributed by atoms with E-state index in [9.17, 15) is 0 Å². The van der Waals surface area contributed by atoms with E-state index < -0.39 is 0 Å². The molecule has 0 amide bonds. The first-order chi connectivity index (χ1) is 6.83. The lowest BCUT2D eigenvalue weighted by atomic mass is 10.1. The van der Waals surface area contributed by atoms with Crippen LogP contribution in [-0.4, -0.2) is 16.0 Å². The van der Waals surface area contributed by atoms with Gasteiger partial charge in [0, 0.05) is 18.4 Å². The SMILES string of the molecule is CCCCCC(C)Nc1cnccn1. The van der Waals surface area contributed by atoms with Gasteiger partial charge in [-0.25, -0.2) is 4.98 Å². The normalized spacial score (nSPS) is 12.4. The molecule has 78 valence electrons. The molecule has 0 aliphatic rings. The van der Waals surface area contributed by atoms with E-state index in [-0.39, 0.29) is 0 Å². The van der Waals surface area contributed by atoms with E-state index in [2.05, 4.69) is 29.1 Å². The van der Waals surface area contributed by atoms with Crippen molar-refractivity contribution in [2.45, 2.75) is 45.6 Å². The molecular formula is C11H19N3. The number of rotatable bonds is 6. The maximum absolute atomic E-state index is 4.17. The summed E-state index contributed by atoms with van der Waals surface area (Å²) in [5, 5.41) is 3.33. The van der Waals surface area contributed by atoms with Crippen molar-refractivity contribution in [2.75, 3.05) is 5.32 Å². The van der Waals surface area contributed by atoms with Crippen molar-refractivity contribution in [1.82, 2.24) is 9.97 Å². The average molecular weight is 193 g/mol. The number of hydrogen-bond donors (Lipinski definition) is 1. The van der Waals surface area contributed by atoms with Gasteiger partial charge in [0.25, 0.3) is 0 Å². The standard InChI is InChI=1S/C11H19N3/c1-3-4-5-6-10(2)14-11-9-12-7-8-13-11/h7-10H,3-6H2,1-2H3,(H,13,14). The highest BCUT2D eigenvalue weighted by molar-refractivity contribution is 5.30. The van der Waals surface area contributed by atoms with E-state index in [0.29, 0.717) is 6.04 Å². The van der Waals surface area contributed by atoms with Crippen LogP contribution in [0.4, 0.5) is 5.82 Å². The molecule has 1 aromatic heterocycles. The van der Waals surface area contributed by atoms with Crippen molar-refractivity contribution in [1.29, 1.82) is 0 Å². The number of hydrogen-bond acceptors (Lipinski definition) is 3. The minimum atomic E-state index is 0.484. The third-order valence-corrected chi connectivity index (χ3v) is 2.20. The Hall–Kier alpha value is -1.12. The fraction of sp³-hybridized carbons (Fsp3) is 0.636. The lowest BCUT2D eigenvalue weighted by molar-refractivity contribution is 0.613. The molecule has 1 atom stereocenters. The molecule has 3 nitrogen and oxygen atoms in total. The van der Waals surface area contributed by atoms with Crippen LogP contribution in [-0.2, 0) is 0 Å². The van der Waals surface area contributed by atoms with Crippen LogP contribution in [0.1, 0.15) is 39.5 Å². The monoisotopic (exact) mass is 193 g/mol. The minimum Gasteiger partial charge on any atom is -0.366 e. The Bertz CT molecular complexity index is 236. The van der Waals surface area contributed by atoms with Crippen molar-refractivity contribution >= 4 is 5.82 Å². The maximum atomic E-state index is 4.17. The van der Waals surface area contributed by atoms with Crippen LogP contribution in [0.3, 0.4) is 0 Å². The molecule has 0 aliphatic heterocycles. The average Bonchev–Trinajstić information content (AvgIpc) is 2.20. The molecule has 1 rings (SSSR count). The molecule has 1 N–H and O–H groups in total. The molecule has 1 aromatic rings. The van der Waals surface area contributed by atoms with Crippen LogP contribution in [0.5, 0.6) is 0 Å². The molecule has 14 heavy (non-hydrogen) atoms. The summed E-state index contributed by atoms with van der Waals surface area (Å²) < 4.78 is 0. The lowest BCUT2D eigenvalue weighted by Crippen LogP contribution is -2.15. The molecule has 0 fully saturated rings. The van der Waals surface area contributed by atoms with Crippen molar-refractivity contribution in [3.63, 3.8) is 0 Å². The van der Waals surface area contributed by atoms with Crippen LogP contribution < -0.4 is 5.32 Å². The smallest absolute Gasteiger partial charge is 0.144 e.